The van der Waals surface area contributed by atoms with Gasteiger partial charge in [-0.2, -0.15) is 0 Å². The lowest BCUT2D eigenvalue weighted by molar-refractivity contribution is 0.410. The van der Waals surface area contributed by atoms with Gasteiger partial charge in [-0.25, -0.2) is 0 Å². The van der Waals surface area contributed by atoms with Crippen LogP contribution in [0.25, 0.3) is 0 Å². The quantitative estimate of drug-likeness (QED) is 0.598. The van der Waals surface area contributed by atoms with Crippen molar-refractivity contribution in [3.05, 3.63) is 62.7 Å². The number of aryl methyl sites for hydroxylation is 2. The number of hydrogen-bond donors (Lipinski definition) is 0. The molecule has 0 aromatic heterocycles. The van der Waals surface area contributed by atoms with E-state index in [1.807, 2.05) is 18.2 Å². The van der Waals surface area contributed by atoms with Crippen LogP contribution in [-0.2, 0) is 0 Å². The molecule has 2 aromatic carbocycles. The maximum atomic E-state index is 6.17. The van der Waals surface area contributed by atoms with Crippen molar-refractivity contribution < 1.29 is 4.74 Å². The van der Waals surface area contributed by atoms with E-state index in [1.165, 1.54) is 27.8 Å². The van der Waals surface area contributed by atoms with Gasteiger partial charge in [-0.3, -0.25) is 0 Å². The van der Waals surface area contributed by atoms with E-state index in [2.05, 4.69) is 49.7 Å². The van der Waals surface area contributed by atoms with Gasteiger partial charge in [0, 0.05) is 10.6 Å². The molecule has 0 spiro atoms. The molecule has 0 fully saturated rings. The Kier molecular flexibility index (Phi) is 5.00. The summed E-state index contributed by atoms with van der Waals surface area (Å²) in [6.45, 7) is 8.64. The highest BCUT2D eigenvalue weighted by Crippen LogP contribution is 2.41. The van der Waals surface area contributed by atoms with Crippen molar-refractivity contribution in [3.8, 4) is 5.75 Å². The van der Waals surface area contributed by atoms with E-state index in [4.69, 9.17) is 16.3 Å². The van der Waals surface area contributed by atoms with E-state index in [0.717, 1.165) is 16.3 Å². The summed E-state index contributed by atoms with van der Waals surface area (Å²) in [6, 6.07) is 7.98. The van der Waals surface area contributed by atoms with Crippen LogP contribution in [-0.4, -0.2) is 7.11 Å². The van der Waals surface area contributed by atoms with Crippen LogP contribution in [0.15, 0.2) is 24.3 Å². The van der Waals surface area contributed by atoms with Crippen LogP contribution < -0.4 is 4.74 Å². The fraction of sp³-hybridized carbons (Fsp3) is 0.333. The molecule has 0 saturated carbocycles. The topological polar surface area (TPSA) is 9.23 Å². The first-order valence-corrected chi connectivity index (χ1v) is 8.21. The van der Waals surface area contributed by atoms with E-state index in [1.54, 1.807) is 7.11 Å². The summed E-state index contributed by atoms with van der Waals surface area (Å²) >= 11 is 10.0. The zero-order chi connectivity index (χ0) is 15.7. The molecule has 1 unspecified atom stereocenters. The Morgan fingerprint density at radius 2 is 1.57 bits per heavy atom. The number of rotatable bonds is 3. The Bertz CT molecular complexity index is 653. The molecule has 0 N–H and O–H groups in total. The lowest BCUT2D eigenvalue weighted by atomic mass is 9.90. The predicted molar refractivity (Wildman–Crippen MR) is 94.2 cm³/mol. The van der Waals surface area contributed by atoms with Gasteiger partial charge < -0.3 is 4.74 Å². The molecule has 0 heterocycles. The summed E-state index contributed by atoms with van der Waals surface area (Å²) in [6.07, 6.45) is 0. The first kappa shape index (κ1) is 16.4. The molecule has 1 nitrogen and oxygen atoms in total. The number of alkyl halides is 1. The Morgan fingerprint density at radius 3 is 2.10 bits per heavy atom. The van der Waals surface area contributed by atoms with Crippen LogP contribution in [0.3, 0.4) is 0 Å². The van der Waals surface area contributed by atoms with E-state index in [-0.39, 0.29) is 4.83 Å². The van der Waals surface area contributed by atoms with Crippen LogP contribution in [0.1, 0.15) is 38.2 Å². The molecule has 21 heavy (non-hydrogen) atoms. The third kappa shape index (κ3) is 3.12. The molecule has 112 valence electrons. The molecule has 0 radical (unpaired) electrons. The van der Waals surface area contributed by atoms with E-state index in [9.17, 15) is 0 Å². The molecule has 1 atom stereocenters. The van der Waals surface area contributed by atoms with Crippen molar-refractivity contribution in [3.63, 3.8) is 0 Å². The number of methoxy groups -OCH3 is 1. The molecule has 0 bridgehead atoms. The second-order valence-electron chi connectivity index (χ2n) is 5.42. The fourth-order valence-electron chi connectivity index (χ4n) is 2.69. The summed E-state index contributed by atoms with van der Waals surface area (Å²) in [5, 5.41) is 0.718. The minimum absolute atomic E-state index is 0.0600. The maximum Gasteiger partial charge on any atom is 0.123 e. The predicted octanol–water partition coefficient (Wildman–Crippen LogP) is 6.07. The van der Waals surface area contributed by atoms with Crippen LogP contribution in [0.5, 0.6) is 5.75 Å². The van der Waals surface area contributed by atoms with Crippen molar-refractivity contribution in [1.29, 1.82) is 0 Å². The van der Waals surface area contributed by atoms with Crippen molar-refractivity contribution >= 4 is 27.5 Å². The molecule has 0 amide bonds. The third-order valence-corrected chi connectivity index (χ3v) is 5.33. The van der Waals surface area contributed by atoms with Gasteiger partial charge in [0.1, 0.15) is 5.75 Å². The highest BCUT2D eigenvalue weighted by Gasteiger charge is 2.21. The average Bonchev–Trinajstić information content (AvgIpc) is 2.45. The molecule has 0 aliphatic rings. The number of hydrogen-bond acceptors (Lipinski definition) is 1. The SMILES string of the molecule is COc1ccc(Cl)cc1C(Br)c1c(C)c(C)cc(C)c1C. The highest BCUT2D eigenvalue weighted by molar-refractivity contribution is 9.09. The second-order valence-corrected chi connectivity index (χ2v) is 6.77. The number of ether oxygens (including phenoxy) is 1. The highest BCUT2D eigenvalue weighted by atomic mass is 79.9. The second kappa shape index (κ2) is 6.41. The molecule has 0 aliphatic carbocycles. The monoisotopic (exact) mass is 366 g/mol. The lowest BCUT2D eigenvalue weighted by Gasteiger charge is -2.22. The normalized spacial score (nSPS) is 12.3. The molecule has 2 aromatic rings. The molecule has 0 saturated heterocycles. The molecular weight excluding hydrogens is 348 g/mol. The Hall–Kier alpha value is -0.990. The summed E-state index contributed by atoms with van der Waals surface area (Å²) in [5.74, 6) is 0.847. The molecule has 2 rings (SSSR count). The fourth-order valence-corrected chi connectivity index (χ4v) is 3.91. The average molecular weight is 368 g/mol. The minimum atomic E-state index is 0.0600. The summed E-state index contributed by atoms with van der Waals surface area (Å²) in [5.41, 5.74) is 7.58. The van der Waals surface area contributed by atoms with Crippen LogP contribution in [0.2, 0.25) is 5.02 Å². The van der Waals surface area contributed by atoms with Gasteiger partial charge in [0.25, 0.3) is 0 Å². The van der Waals surface area contributed by atoms with Crippen molar-refractivity contribution in [2.45, 2.75) is 32.5 Å². The lowest BCUT2D eigenvalue weighted by Crippen LogP contribution is -2.04. The van der Waals surface area contributed by atoms with Gasteiger partial charge in [0.15, 0.2) is 0 Å². The van der Waals surface area contributed by atoms with Crippen molar-refractivity contribution in [2.24, 2.45) is 0 Å². The van der Waals surface area contributed by atoms with Gasteiger partial charge in [-0.15, -0.1) is 0 Å². The summed E-state index contributed by atoms with van der Waals surface area (Å²) in [7, 11) is 1.69. The first-order valence-electron chi connectivity index (χ1n) is 6.91. The summed E-state index contributed by atoms with van der Waals surface area (Å²) in [4.78, 5) is 0.0600. The zero-order valence-electron chi connectivity index (χ0n) is 13.1. The van der Waals surface area contributed by atoms with E-state index >= 15 is 0 Å². The van der Waals surface area contributed by atoms with Gasteiger partial charge in [0.2, 0.25) is 0 Å². The largest absolute Gasteiger partial charge is 0.496 e. The Balaban J connectivity index is 2.65. The molecule has 3 heteroatoms. The van der Waals surface area contributed by atoms with Crippen molar-refractivity contribution in [2.75, 3.05) is 7.11 Å². The van der Waals surface area contributed by atoms with Crippen molar-refractivity contribution in [1.82, 2.24) is 0 Å². The third-order valence-electron chi connectivity index (χ3n) is 4.14. The first-order chi connectivity index (χ1) is 9.86. The minimum Gasteiger partial charge on any atom is -0.496 e. The maximum absolute atomic E-state index is 6.17. The Morgan fingerprint density at radius 1 is 1.00 bits per heavy atom. The van der Waals surface area contributed by atoms with E-state index < -0.39 is 0 Å². The summed E-state index contributed by atoms with van der Waals surface area (Å²) < 4.78 is 5.49. The van der Waals surface area contributed by atoms with Crippen LogP contribution >= 0.6 is 27.5 Å². The smallest absolute Gasteiger partial charge is 0.123 e. The molecule has 0 aliphatic heterocycles. The standard InChI is InChI=1S/C18H20BrClO/c1-10-8-11(2)13(4)17(12(10)3)18(19)15-9-14(20)6-7-16(15)21-5/h6-9,18H,1-5H3. The van der Waals surface area contributed by atoms with Gasteiger partial charge >= 0.3 is 0 Å². The van der Waals surface area contributed by atoms with Crippen LogP contribution in [0.4, 0.5) is 0 Å². The van der Waals surface area contributed by atoms with Gasteiger partial charge in [-0.1, -0.05) is 33.6 Å². The van der Waals surface area contributed by atoms with E-state index in [0.29, 0.717) is 0 Å². The Labute approximate surface area is 140 Å². The molecular formula is C18H20BrClO. The zero-order valence-corrected chi connectivity index (χ0v) is 15.4. The van der Waals surface area contributed by atoms with Crippen LogP contribution in [0, 0.1) is 27.7 Å². The van der Waals surface area contributed by atoms with Gasteiger partial charge in [-0.05, 0) is 73.7 Å². The number of benzene rings is 2. The number of halogens is 2. The van der Waals surface area contributed by atoms with Gasteiger partial charge in [0.05, 0.1) is 11.9 Å².